The predicted octanol–water partition coefficient (Wildman–Crippen LogP) is 5.63. The minimum absolute atomic E-state index is 0.153. The predicted molar refractivity (Wildman–Crippen MR) is 156 cm³/mol. The number of methoxy groups -OCH3 is 1. The van der Waals surface area contributed by atoms with Gasteiger partial charge in [-0.25, -0.2) is 9.38 Å². The Kier molecular flexibility index (Phi) is 6.20. The number of benzene rings is 3. The van der Waals surface area contributed by atoms with Gasteiger partial charge >= 0.3 is 0 Å². The zero-order valence-electron chi connectivity index (χ0n) is 22.2. The number of nitro groups is 1. The Morgan fingerprint density at radius 2 is 1.88 bits per heavy atom. The van der Waals surface area contributed by atoms with E-state index in [2.05, 4.69) is 6.07 Å². The highest BCUT2D eigenvalue weighted by molar-refractivity contribution is 7.07. The average Bonchev–Trinajstić information content (AvgIpc) is 3.60. The van der Waals surface area contributed by atoms with Crippen LogP contribution in [0.3, 0.4) is 0 Å². The van der Waals surface area contributed by atoms with Crippen LogP contribution in [0.15, 0.2) is 98.6 Å². The van der Waals surface area contributed by atoms with Crippen molar-refractivity contribution in [3.8, 4) is 17.1 Å². The molecular formula is C32H22FN3O5S. The molecule has 0 saturated heterocycles. The highest BCUT2D eigenvalue weighted by Gasteiger charge is 2.32. The fourth-order valence-corrected chi connectivity index (χ4v) is 6.65. The van der Waals surface area contributed by atoms with E-state index in [1.165, 1.54) is 42.2 Å². The molecule has 0 saturated carbocycles. The van der Waals surface area contributed by atoms with Gasteiger partial charge in [-0.15, -0.1) is 0 Å². The van der Waals surface area contributed by atoms with E-state index in [0.717, 1.165) is 35.2 Å². The molecule has 208 valence electrons. The number of hydrogen-bond acceptors (Lipinski definition) is 7. The Hall–Kier alpha value is -5.09. The second kappa shape index (κ2) is 10.1. The van der Waals surface area contributed by atoms with Gasteiger partial charge in [-0.3, -0.25) is 19.5 Å². The van der Waals surface area contributed by atoms with Gasteiger partial charge in [-0.1, -0.05) is 47.7 Å². The van der Waals surface area contributed by atoms with Gasteiger partial charge in [0.25, 0.3) is 11.2 Å². The molecule has 0 N–H and O–H groups in total. The second-order valence-corrected chi connectivity index (χ2v) is 11.0. The van der Waals surface area contributed by atoms with Crippen LogP contribution in [-0.4, -0.2) is 16.6 Å². The molecule has 2 aromatic heterocycles. The number of halogens is 1. The maximum absolute atomic E-state index is 13.9. The first-order valence-corrected chi connectivity index (χ1v) is 14.0. The minimum Gasteiger partial charge on any atom is -0.497 e. The summed E-state index contributed by atoms with van der Waals surface area (Å²) in [6.07, 6.45) is 3.17. The quantitative estimate of drug-likeness (QED) is 0.198. The molecule has 3 heterocycles. The average molecular weight is 580 g/mol. The fourth-order valence-electron chi connectivity index (χ4n) is 5.67. The lowest BCUT2D eigenvalue weighted by atomic mass is 9.83. The third-order valence-electron chi connectivity index (χ3n) is 7.63. The highest BCUT2D eigenvalue weighted by Crippen LogP contribution is 2.41. The van der Waals surface area contributed by atoms with E-state index < -0.39 is 11.0 Å². The van der Waals surface area contributed by atoms with Crippen molar-refractivity contribution in [1.82, 2.24) is 4.57 Å². The summed E-state index contributed by atoms with van der Waals surface area (Å²) < 4.78 is 27.1. The van der Waals surface area contributed by atoms with Crippen LogP contribution in [-0.2, 0) is 6.42 Å². The first-order valence-electron chi connectivity index (χ1n) is 13.2. The zero-order valence-corrected chi connectivity index (χ0v) is 23.1. The van der Waals surface area contributed by atoms with Crippen molar-refractivity contribution in [3.05, 3.63) is 143 Å². The molecule has 42 heavy (non-hydrogen) atoms. The molecule has 1 aliphatic heterocycles. The SMILES string of the molecule is COc1ccc(-c2ccc(/C=c3/sc4n(c3=O)[C@@H](c3ccc(F)cc3)C3=C(N=4)c4ccccc4CC3)o2)c([N+](=O)[O-])c1. The Morgan fingerprint density at radius 1 is 1.07 bits per heavy atom. The number of ether oxygens (including phenoxy) is 1. The third kappa shape index (κ3) is 4.27. The summed E-state index contributed by atoms with van der Waals surface area (Å²) in [5.74, 6) is 0.673. The number of aryl methyl sites for hydroxylation is 1. The lowest BCUT2D eigenvalue weighted by Crippen LogP contribution is -2.38. The Balaban J connectivity index is 1.37. The summed E-state index contributed by atoms with van der Waals surface area (Å²) in [4.78, 5) is 30.6. The van der Waals surface area contributed by atoms with Crippen LogP contribution >= 0.6 is 11.3 Å². The number of thiazole rings is 1. The number of hydrogen-bond donors (Lipinski definition) is 0. The molecule has 0 bridgehead atoms. The lowest BCUT2D eigenvalue weighted by molar-refractivity contribution is -0.384. The topological polar surface area (TPSA) is 99.9 Å². The number of nitrogens with zero attached hydrogens (tertiary/aromatic N) is 3. The molecule has 0 radical (unpaired) electrons. The fraction of sp³-hybridized carbons (Fsp3) is 0.125. The molecule has 1 atom stereocenters. The molecule has 2 aliphatic rings. The van der Waals surface area contributed by atoms with Crippen molar-refractivity contribution in [2.75, 3.05) is 7.11 Å². The lowest BCUT2D eigenvalue weighted by Gasteiger charge is -2.30. The van der Waals surface area contributed by atoms with E-state index >= 15 is 0 Å². The van der Waals surface area contributed by atoms with Gasteiger partial charge in [0.1, 0.15) is 23.1 Å². The molecule has 10 heteroatoms. The van der Waals surface area contributed by atoms with Crippen LogP contribution in [0.25, 0.3) is 23.1 Å². The summed E-state index contributed by atoms with van der Waals surface area (Å²) in [6.45, 7) is 0. The normalized spacial score (nSPS) is 16.0. The van der Waals surface area contributed by atoms with Gasteiger partial charge in [0, 0.05) is 11.6 Å². The third-order valence-corrected chi connectivity index (χ3v) is 8.61. The summed E-state index contributed by atoms with van der Waals surface area (Å²) >= 11 is 1.24. The van der Waals surface area contributed by atoms with Crippen molar-refractivity contribution in [2.24, 2.45) is 4.99 Å². The largest absolute Gasteiger partial charge is 0.497 e. The van der Waals surface area contributed by atoms with E-state index in [4.69, 9.17) is 14.1 Å². The Bertz CT molecular complexity index is 2110. The van der Waals surface area contributed by atoms with Gasteiger partial charge in [0.05, 0.1) is 39.9 Å². The van der Waals surface area contributed by atoms with Crippen LogP contribution in [0.5, 0.6) is 5.75 Å². The number of fused-ring (bicyclic) bond motifs is 3. The Morgan fingerprint density at radius 3 is 2.67 bits per heavy atom. The zero-order chi connectivity index (χ0) is 29.0. The minimum atomic E-state index is -0.493. The molecular weight excluding hydrogens is 557 g/mol. The number of furan rings is 1. The van der Waals surface area contributed by atoms with Gasteiger partial charge < -0.3 is 9.15 Å². The smallest absolute Gasteiger partial charge is 0.284 e. The van der Waals surface area contributed by atoms with Gasteiger partial charge in [0.2, 0.25) is 0 Å². The monoisotopic (exact) mass is 579 g/mol. The van der Waals surface area contributed by atoms with Crippen molar-refractivity contribution >= 4 is 28.8 Å². The maximum atomic E-state index is 13.9. The summed E-state index contributed by atoms with van der Waals surface area (Å²) in [5.41, 5.74) is 4.82. The van der Waals surface area contributed by atoms with E-state index in [9.17, 15) is 19.3 Å². The Labute approximate surface area is 242 Å². The molecule has 0 spiro atoms. The van der Waals surface area contributed by atoms with Crippen molar-refractivity contribution in [1.29, 1.82) is 0 Å². The molecule has 7 rings (SSSR count). The van der Waals surface area contributed by atoms with Gasteiger partial charge in [-0.2, -0.15) is 0 Å². The number of nitro benzene ring substituents is 1. The molecule has 3 aromatic carbocycles. The van der Waals surface area contributed by atoms with E-state index in [1.54, 1.807) is 47.0 Å². The van der Waals surface area contributed by atoms with E-state index in [-0.39, 0.29) is 17.1 Å². The number of aromatic nitrogens is 1. The van der Waals surface area contributed by atoms with Crippen LogP contribution in [0.1, 0.15) is 34.9 Å². The number of rotatable bonds is 5. The van der Waals surface area contributed by atoms with Crippen LogP contribution in [0.2, 0.25) is 0 Å². The van der Waals surface area contributed by atoms with Crippen LogP contribution < -0.4 is 19.6 Å². The second-order valence-electron chi connectivity index (χ2n) is 10.0. The van der Waals surface area contributed by atoms with Crippen LogP contribution in [0, 0.1) is 15.9 Å². The standard InChI is InChI=1S/C32H22FN3O5S/c1-40-21-11-14-24(26(16-21)36(38)39)27-15-12-22(41-27)17-28-31(37)35-30(19-6-9-20(33)10-7-19)25-13-8-18-4-2-3-5-23(18)29(25)34-32(35)42-28/h2-7,9-12,14-17,30H,8,13H2,1H3/b28-17+/t30-/m0/s1. The summed E-state index contributed by atoms with van der Waals surface area (Å²) in [6, 6.07) is 21.8. The van der Waals surface area contributed by atoms with Crippen molar-refractivity contribution in [2.45, 2.75) is 18.9 Å². The van der Waals surface area contributed by atoms with Crippen LogP contribution in [0.4, 0.5) is 10.1 Å². The van der Waals surface area contributed by atoms with Crippen molar-refractivity contribution < 1.29 is 18.5 Å². The first kappa shape index (κ1) is 25.8. The highest BCUT2D eigenvalue weighted by atomic mass is 32.1. The van der Waals surface area contributed by atoms with Gasteiger partial charge in [-0.05, 0) is 65.9 Å². The summed E-state index contributed by atoms with van der Waals surface area (Å²) in [5, 5.41) is 11.7. The van der Waals surface area contributed by atoms with E-state index in [1.807, 2.05) is 18.2 Å². The van der Waals surface area contributed by atoms with Gasteiger partial charge in [0.15, 0.2) is 4.80 Å². The molecule has 0 unspecified atom stereocenters. The molecule has 8 nitrogen and oxygen atoms in total. The molecule has 1 aliphatic carbocycles. The molecule has 0 amide bonds. The van der Waals surface area contributed by atoms with Crippen molar-refractivity contribution in [3.63, 3.8) is 0 Å². The summed E-state index contributed by atoms with van der Waals surface area (Å²) in [7, 11) is 1.44. The van der Waals surface area contributed by atoms with E-state index in [0.29, 0.717) is 32.2 Å². The first-order chi connectivity index (χ1) is 20.4. The molecule has 0 fully saturated rings. The molecule has 5 aromatic rings. The number of allylic oxidation sites excluding steroid dienone is 1. The maximum Gasteiger partial charge on any atom is 0.284 e.